The van der Waals surface area contributed by atoms with E-state index in [1.165, 1.54) is 24.6 Å². The van der Waals surface area contributed by atoms with Crippen LogP contribution in [0, 0.1) is 5.82 Å². The molecule has 2 amide bonds. The summed E-state index contributed by atoms with van der Waals surface area (Å²) in [7, 11) is 0. The lowest BCUT2D eigenvalue weighted by molar-refractivity contribution is 0.101. The summed E-state index contributed by atoms with van der Waals surface area (Å²) in [6.07, 6.45) is 1.98. The lowest BCUT2D eigenvalue weighted by Crippen LogP contribution is -2.36. The third-order valence-corrected chi connectivity index (χ3v) is 6.83. The van der Waals surface area contributed by atoms with Gasteiger partial charge in [-0.3, -0.25) is 19.5 Å². The molecule has 9 heteroatoms. The Morgan fingerprint density at radius 3 is 2.41 bits per heavy atom. The van der Waals surface area contributed by atoms with Crippen LogP contribution < -0.4 is 20.1 Å². The van der Waals surface area contributed by atoms with E-state index in [0.717, 1.165) is 42.7 Å². The zero-order valence-corrected chi connectivity index (χ0v) is 21.2. The SMILES string of the molecule is O=C(Nc1ccc(F)c(NC(=O)c2ccc3nc(CN4CCC4)ccc3c2)c1)c1ccc2c(c1)OCCCO2. The van der Waals surface area contributed by atoms with Crippen LogP contribution in [0.5, 0.6) is 11.5 Å². The highest BCUT2D eigenvalue weighted by Crippen LogP contribution is 2.31. The largest absolute Gasteiger partial charge is 0.490 e. The molecule has 0 saturated carbocycles. The lowest BCUT2D eigenvalue weighted by atomic mass is 10.1. The van der Waals surface area contributed by atoms with Crippen molar-refractivity contribution in [2.45, 2.75) is 19.4 Å². The molecule has 8 nitrogen and oxygen atoms in total. The number of ether oxygens (including phenoxy) is 2. The average Bonchev–Trinajstić information content (AvgIpc) is 3.17. The number of carbonyl (C=O) groups is 2. The van der Waals surface area contributed by atoms with Crippen LogP contribution in [0.1, 0.15) is 39.3 Å². The van der Waals surface area contributed by atoms with Gasteiger partial charge in [0.25, 0.3) is 11.8 Å². The van der Waals surface area contributed by atoms with Gasteiger partial charge in [-0.25, -0.2) is 4.39 Å². The summed E-state index contributed by atoms with van der Waals surface area (Å²) in [5.41, 5.74) is 2.83. The molecule has 1 fully saturated rings. The smallest absolute Gasteiger partial charge is 0.255 e. The quantitative estimate of drug-likeness (QED) is 0.357. The Labute approximate surface area is 224 Å². The molecule has 3 heterocycles. The number of pyridine rings is 1. The van der Waals surface area contributed by atoms with Gasteiger partial charge in [-0.15, -0.1) is 0 Å². The van der Waals surface area contributed by atoms with Gasteiger partial charge >= 0.3 is 0 Å². The number of anilines is 2. The number of nitrogens with zero attached hydrogens (tertiary/aromatic N) is 2. The Morgan fingerprint density at radius 1 is 0.821 bits per heavy atom. The number of rotatable bonds is 6. The molecule has 0 atom stereocenters. The second kappa shape index (κ2) is 10.7. The normalized spacial score (nSPS) is 14.8. The molecule has 198 valence electrons. The van der Waals surface area contributed by atoms with E-state index in [-0.39, 0.29) is 5.69 Å². The van der Waals surface area contributed by atoms with E-state index in [1.54, 1.807) is 36.4 Å². The first-order valence-electron chi connectivity index (χ1n) is 13.0. The maximum Gasteiger partial charge on any atom is 0.255 e. The number of nitrogens with one attached hydrogen (secondary N) is 2. The summed E-state index contributed by atoms with van der Waals surface area (Å²) >= 11 is 0. The maximum atomic E-state index is 14.6. The Kier molecular flexibility index (Phi) is 6.81. The van der Waals surface area contributed by atoms with Crippen LogP contribution in [0.2, 0.25) is 0 Å². The second-order valence-electron chi connectivity index (χ2n) is 9.65. The summed E-state index contributed by atoms with van der Waals surface area (Å²) in [5, 5.41) is 6.19. The lowest BCUT2D eigenvalue weighted by Gasteiger charge is -2.30. The van der Waals surface area contributed by atoms with Crippen LogP contribution in [0.3, 0.4) is 0 Å². The molecule has 2 aliphatic heterocycles. The fraction of sp³-hybridized carbons (Fsp3) is 0.233. The first-order chi connectivity index (χ1) is 19.0. The molecule has 2 N–H and O–H groups in total. The van der Waals surface area contributed by atoms with Crippen LogP contribution in [0.25, 0.3) is 10.9 Å². The molecule has 0 unspecified atom stereocenters. The summed E-state index contributed by atoms with van der Waals surface area (Å²) in [5.74, 6) is -0.385. The predicted molar refractivity (Wildman–Crippen MR) is 146 cm³/mol. The fourth-order valence-corrected chi connectivity index (χ4v) is 4.57. The third-order valence-electron chi connectivity index (χ3n) is 6.83. The van der Waals surface area contributed by atoms with Gasteiger partial charge < -0.3 is 20.1 Å². The number of carbonyl (C=O) groups excluding carboxylic acids is 2. The molecule has 2 aliphatic rings. The molecule has 3 aromatic carbocycles. The minimum atomic E-state index is -0.616. The van der Waals surface area contributed by atoms with Crippen LogP contribution in [-0.2, 0) is 6.54 Å². The Bertz CT molecular complexity index is 1570. The zero-order valence-electron chi connectivity index (χ0n) is 21.2. The molecule has 39 heavy (non-hydrogen) atoms. The number of amides is 2. The van der Waals surface area contributed by atoms with Gasteiger partial charge in [0, 0.05) is 35.2 Å². The van der Waals surface area contributed by atoms with E-state index >= 15 is 0 Å². The minimum absolute atomic E-state index is 0.0421. The van der Waals surface area contributed by atoms with Gasteiger partial charge in [0.1, 0.15) is 5.82 Å². The second-order valence-corrected chi connectivity index (χ2v) is 9.65. The zero-order chi connectivity index (χ0) is 26.8. The van der Waals surface area contributed by atoms with E-state index < -0.39 is 17.6 Å². The Hall–Kier alpha value is -4.50. The summed E-state index contributed by atoms with van der Waals surface area (Å²) < 4.78 is 25.9. The van der Waals surface area contributed by atoms with Gasteiger partial charge in [0.15, 0.2) is 11.5 Å². The fourth-order valence-electron chi connectivity index (χ4n) is 4.57. The van der Waals surface area contributed by atoms with Crippen molar-refractivity contribution in [3.8, 4) is 11.5 Å². The van der Waals surface area contributed by atoms with E-state index in [0.29, 0.717) is 41.5 Å². The standard InChI is InChI=1S/C30H27FN4O4/c31-24-8-7-22(33-29(36)21-5-10-27-28(16-21)39-14-2-13-38-27)17-26(24)34-30(37)20-4-9-25-19(15-20)3-6-23(32-25)18-35-11-1-12-35/h3-10,15-17H,1-2,11-14,18H2,(H,33,36)(H,34,37). The van der Waals surface area contributed by atoms with Gasteiger partial charge in [-0.05, 0) is 80.2 Å². The molecular weight excluding hydrogens is 499 g/mol. The number of aromatic nitrogens is 1. The number of likely N-dealkylation sites (tertiary alicyclic amines) is 1. The van der Waals surface area contributed by atoms with Gasteiger partial charge in [0.05, 0.1) is 30.1 Å². The molecule has 1 aromatic heterocycles. The highest BCUT2D eigenvalue weighted by Gasteiger charge is 2.17. The topological polar surface area (TPSA) is 92.8 Å². The molecule has 0 bridgehead atoms. The molecule has 4 aromatic rings. The number of fused-ring (bicyclic) bond motifs is 2. The monoisotopic (exact) mass is 526 g/mol. The number of halogens is 1. The Morgan fingerprint density at radius 2 is 1.59 bits per heavy atom. The minimum Gasteiger partial charge on any atom is -0.490 e. The highest BCUT2D eigenvalue weighted by molar-refractivity contribution is 6.07. The summed E-state index contributed by atoms with van der Waals surface area (Å²) in [4.78, 5) is 32.9. The molecule has 1 saturated heterocycles. The van der Waals surface area contributed by atoms with Gasteiger partial charge in [0.2, 0.25) is 0 Å². The van der Waals surface area contributed by atoms with Crippen LogP contribution in [0.15, 0.2) is 66.7 Å². The molecular formula is C30H27FN4O4. The van der Waals surface area contributed by atoms with Gasteiger partial charge in [-0.2, -0.15) is 0 Å². The first-order valence-corrected chi connectivity index (χ1v) is 13.0. The van der Waals surface area contributed by atoms with Crippen LogP contribution in [-0.4, -0.2) is 48.0 Å². The number of hydrogen-bond acceptors (Lipinski definition) is 6. The number of benzene rings is 3. The van der Waals surface area contributed by atoms with E-state index in [4.69, 9.17) is 14.5 Å². The van der Waals surface area contributed by atoms with Gasteiger partial charge in [-0.1, -0.05) is 6.07 Å². The van der Waals surface area contributed by atoms with E-state index in [9.17, 15) is 14.0 Å². The van der Waals surface area contributed by atoms with Crippen molar-refractivity contribution in [1.82, 2.24) is 9.88 Å². The Balaban J connectivity index is 1.15. The van der Waals surface area contributed by atoms with Crippen molar-refractivity contribution in [2.24, 2.45) is 0 Å². The predicted octanol–water partition coefficient (Wildman–Crippen LogP) is 5.25. The van der Waals surface area contributed by atoms with Crippen molar-refractivity contribution in [3.05, 3.63) is 89.4 Å². The molecule has 6 rings (SSSR count). The average molecular weight is 527 g/mol. The van der Waals surface area contributed by atoms with E-state index in [2.05, 4.69) is 15.5 Å². The van der Waals surface area contributed by atoms with Crippen LogP contribution >= 0.6 is 0 Å². The summed E-state index contributed by atoms with van der Waals surface area (Å²) in [6.45, 7) is 4.07. The van der Waals surface area contributed by atoms with Crippen molar-refractivity contribution < 1.29 is 23.5 Å². The molecule has 0 radical (unpaired) electrons. The van der Waals surface area contributed by atoms with Crippen molar-refractivity contribution in [3.63, 3.8) is 0 Å². The highest BCUT2D eigenvalue weighted by atomic mass is 19.1. The van der Waals surface area contributed by atoms with Crippen LogP contribution in [0.4, 0.5) is 15.8 Å². The van der Waals surface area contributed by atoms with E-state index in [1.807, 2.05) is 12.1 Å². The maximum absolute atomic E-state index is 14.6. The van der Waals surface area contributed by atoms with Crippen molar-refractivity contribution in [1.29, 1.82) is 0 Å². The number of hydrogen-bond donors (Lipinski definition) is 2. The third kappa shape index (κ3) is 5.53. The van der Waals surface area contributed by atoms with Crippen molar-refractivity contribution in [2.75, 3.05) is 36.9 Å². The molecule has 0 aliphatic carbocycles. The molecule has 0 spiro atoms. The summed E-state index contributed by atoms with van der Waals surface area (Å²) in [6, 6.07) is 18.1. The first kappa shape index (κ1) is 24.8. The van der Waals surface area contributed by atoms with Crippen molar-refractivity contribution >= 4 is 34.1 Å².